The van der Waals surface area contributed by atoms with Gasteiger partial charge in [-0.05, 0) is 12.1 Å². The molecule has 0 saturated heterocycles. The topological polar surface area (TPSA) is 119 Å². The zero-order valence-corrected chi connectivity index (χ0v) is 14.8. The van der Waals surface area contributed by atoms with Gasteiger partial charge in [0.2, 0.25) is 5.91 Å². The van der Waals surface area contributed by atoms with Crippen LogP contribution in [0.1, 0.15) is 0 Å². The maximum atomic E-state index is 12.1. The molecule has 0 radical (unpaired) electrons. The molecule has 3 rings (SSSR count). The summed E-state index contributed by atoms with van der Waals surface area (Å²) in [6.07, 6.45) is 0. The van der Waals surface area contributed by atoms with Crippen molar-refractivity contribution in [2.75, 3.05) is 11.1 Å². The van der Waals surface area contributed by atoms with Crippen molar-refractivity contribution in [1.82, 2.24) is 19.1 Å². The number of nitrogens with zero attached hydrogens (tertiary/aromatic N) is 3. The molecule has 2 aromatic heterocycles. The first-order valence-corrected chi connectivity index (χ1v) is 8.54. The molecule has 10 heteroatoms. The zero-order valence-electron chi connectivity index (χ0n) is 14.0. The number of amides is 1. The lowest BCUT2D eigenvalue weighted by Crippen LogP contribution is -2.38. The second-order valence-electron chi connectivity index (χ2n) is 5.49. The minimum atomic E-state index is -0.541. The van der Waals surface area contributed by atoms with Crippen LogP contribution in [0.5, 0.6) is 0 Å². The summed E-state index contributed by atoms with van der Waals surface area (Å²) in [5.41, 5.74) is -0.807. The van der Waals surface area contributed by atoms with E-state index in [9.17, 15) is 19.2 Å². The average molecular weight is 373 g/mol. The number of fused-ring (bicyclic) bond motifs is 1. The van der Waals surface area contributed by atoms with Gasteiger partial charge >= 0.3 is 5.69 Å². The van der Waals surface area contributed by atoms with E-state index < -0.39 is 17.2 Å². The number of thioether (sulfide) groups is 1. The molecule has 0 bridgehead atoms. The molecule has 0 aliphatic rings. The van der Waals surface area contributed by atoms with E-state index in [0.29, 0.717) is 16.1 Å². The van der Waals surface area contributed by atoms with Crippen LogP contribution in [-0.2, 0) is 18.9 Å². The smallest absolute Gasteiger partial charge is 0.311 e. The molecule has 2 heterocycles. The number of aromatic amines is 1. The number of para-hydroxylation sites is 1. The van der Waals surface area contributed by atoms with Crippen molar-refractivity contribution in [1.29, 1.82) is 0 Å². The molecule has 0 aliphatic carbocycles. The van der Waals surface area contributed by atoms with Crippen molar-refractivity contribution in [3.63, 3.8) is 0 Å². The summed E-state index contributed by atoms with van der Waals surface area (Å²) in [6.45, 7) is 0. The van der Waals surface area contributed by atoms with Crippen molar-refractivity contribution in [2.45, 2.75) is 5.16 Å². The summed E-state index contributed by atoms with van der Waals surface area (Å²) < 4.78 is 2.11. The highest BCUT2D eigenvalue weighted by Gasteiger charge is 2.11. The number of hydrogen-bond donors (Lipinski definition) is 2. The third kappa shape index (κ3) is 3.45. The van der Waals surface area contributed by atoms with Crippen molar-refractivity contribution >= 4 is 34.4 Å². The fourth-order valence-corrected chi connectivity index (χ4v) is 2.97. The summed E-state index contributed by atoms with van der Waals surface area (Å²) in [4.78, 5) is 54.6. The third-order valence-corrected chi connectivity index (χ3v) is 4.60. The highest BCUT2D eigenvalue weighted by molar-refractivity contribution is 7.99. The molecule has 0 atom stereocenters. The van der Waals surface area contributed by atoms with E-state index >= 15 is 0 Å². The fourth-order valence-electron chi connectivity index (χ4n) is 2.30. The Kier molecular flexibility index (Phi) is 4.76. The van der Waals surface area contributed by atoms with Crippen molar-refractivity contribution in [3.8, 4) is 0 Å². The standard InChI is InChI=1S/C16H15N5O4S/c1-20-11(7-13(23)21(2)16(20)25)18-12(22)8-26-15-17-10-6-4-3-5-9(10)14(24)19-15/h3-7H,8H2,1-2H3,(H,18,22)(H,17,19,24). The molecule has 0 unspecified atom stereocenters. The number of nitrogens with one attached hydrogen (secondary N) is 2. The van der Waals surface area contributed by atoms with Crippen molar-refractivity contribution in [2.24, 2.45) is 14.1 Å². The van der Waals surface area contributed by atoms with Gasteiger partial charge in [-0.25, -0.2) is 9.78 Å². The molecule has 9 nitrogen and oxygen atoms in total. The highest BCUT2D eigenvalue weighted by Crippen LogP contribution is 2.15. The highest BCUT2D eigenvalue weighted by atomic mass is 32.2. The molecule has 1 aromatic carbocycles. The van der Waals surface area contributed by atoms with Gasteiger partial charge in [0.05, 0.1) is 16.7 Å². The second kappa shape index (κ2) is 7.00. The van der Waals surface area contributed by atoms with Crippen molar-refractivity contribution in [3.05, 3.63) is 61.5 Å². The van der Waals surface area contributed by atoms with Crippen LogP contribution in [0.15, 0.2) is 49.9 Å². The number of H-pyrrole nitrogens is 1. The summed E-state index contributed by atoms with van der Waals surface area (Å²) in [5, 5.41) is 3.29. The van der Waals surface area contributed by atoms with Crippen LogP contribution in [0, 0.1) is 0 Å². The first kappa shape index (κ1) is 17.7. The maximum absolute atomic E-state index is 12.1. The molecular weight excluding hydrogens is 358 g/mol. The predicted molar refractivity (Wildman–Crippen MR) is 98.6 cm³/mol. The molecule has 0 fully saturated rings. The number of benzene rings is 1. The first-order valence-electron chi connectivity index (χ1n) is 7.55. The summed E-state index contributed by atoms with van der Waals surface area (Å²) >= 11 is 1.04. The van der Waals surface area contributed by atoms with Gasteiger partial charge < -0.3 is 10.3 Å². The average Bonchev–Trinajstić information content (AvgIpc) is 2.63. The minimum absolute atomic E-state index is 0.0509. The Bertz CT molecular complexity index is 1180. The van der Waals surface area contributed by atoms with Crippen LogP contribution < -0.4 is 22.1 Å². The number of anilines is 1. The lowest BCUT2D eigenvalue weighted by atomic mass is 10.2. The molecule has 3 aromatic rings. The second-order valence-corrected chi connectivity index (χ2v) is 6.46. The number of rotatable bonds is 4. The normalized spacial score (nSPS) is 10.8. The van der Waals surface area contributed by atoms with Gasteiger partial charge in [0, 0.05) is 20.2 Å². The van der Waals surface area contributed by atoms with E-state index in [4.69, 9.17) is 0 Å². The van der Waals surface area contributed by atoms with E-state index in [0.717, 1.165) is 16.3 Å². The number of carbonyl (C=O) groups excluding carboxylic acids is 1. The lowest BCUT2D eigenvalue weighted by molar-refractivity contribution is -0.113. The Morgan fingerprint density at radius 2 is 1.92 bits per heavy atom. The van der Waals surface area contributed by atoms with E-state index in [1.165, 1.54) is 24.7 Å². The van der Waals surface area contributed by atoms with Gasteiger partial charge in [-0.15, -0.1) is 0 Å². The molecule has 2 N–H and O–H groups in total. The van der Waals surface area contributed by atoms with E-state index in [-0.39, 0.29) is 17.1 Å². The summed E-state index contributed by atoms with van der Waals surface area (Å²) in [5.74, 6) is -0.386. The molecular formula is C16H15N5O4S. The molecule has 134 valence electrons. The first-order chi connectivity index (χ1) is 12.4. The number of hydrogen-bond acceptors (Lipinski definition) is 6. The molecule has 26 heavy (non-hydrogen) atoms. The van der Waals surface area contributed by atoms with Gasteiger partial charge in [0.15, 0.2) is 5.16 Å². The van der Waals surface area contributed by atoms with E-state index in [1.807, 2.05) is 0 Å². The zero-order chi connectivity index (χ0) is 18.8. The summed E-state index contributed by atoms with van der Waals surface area (Å²) in [6, 6.07) is 8.06. The third-order valence-electron chi connectivity index (χ3n) is 3.72. The number of carbonyl (C=O) groups is 1. The quantitative estimate of drug-likeness (QED) is 0.493. The van der Waals surface area contributed by atoms with E-state index in [1.54, 1.807) is 24.3 Å². The van der Waals surface area contributed by atoms with Gasteiger partial charge in [-0.3, -0.25) is 23.5 Å². The van der Waals surface area contributed by atoms with Crippen LogP contribution in [0.4, 0.5) is 5.82 Å². The molecule has 0 aliphatic heterocycles. The van der Waals surface area contributed by atoms with Crippen LogP contribution >= 0.6 is 11.8 Å². The Morgan fingerprint density at radius 1 is 1.19 bits per heavy atom. The van der Waals surface area contributed by atoms with E-state index in [2.05, 4.69) is 15.3 Å². The van der Waals surface area contributed by atoms with Crippen LogP contribution in [0.2, 0.25) is 0 Å². The van der Waals surface area contributed by atoms with Gasteiger partial charge in [0.1, 0.15) is 5.82 Å². The Morgan fingerprint density at radius 3 is 2.69 bits per heavy atom. The van der Waals surface area contributed by atoms with Crippen LogP contribution in [0.25, 0.3) is 10.9 Å². The number of aromatic nitrogens is 4. The lowest BCUT2D eigenvalue weighted by Gasteiger charge is -2.10. The fraction of sp³-hybridized carbons (Fsp3) is 0.188. The molecule has 1 amide bonds. The minimum Gasteiger partial charge on any atom is -0.311 e. The Balaban J connectivity index is 1.75. The van der Waals surface area contributed by atoms with Gasteiger partial charge in [-0.1, -0.05) is 23.9 Å². The molecule has 0 saturated carbocycles. The maximum Gasteiger partial charge on any atom is 0.332 e. The summed E-state index contributed by atoms with van der Waals surface area (Å²) in [7, 11) is 2.81. The Hall–Kier alpha value is -3.14. The SMILES string of the molecule is Cn1c(NC(=O)CSc2nc3ccccc3c(=O)[nH]2)cc(=O)n(C)c1=O. The Labute approximate surface area is 150 Å². The monoisotopic (exact) mass is 373 g/mol. The van der Waals surface area contributed by atoms with Crippen molar-refractivity contribution < 1.29 is 4.79 Å². The van der Waals surface area contributed by atoms with Crippen LogP contribution in [0.3, 0.4) is 0 Å². The van der Waals surface area contributed by atoms with Gasteiger partial charge in [0.25, 0.3) is 11.1 Å². The van der Waals surface area contributed by atoms with Crippen LogP contribution in [-0.4, -0.2) is 30.8 Å². The molecule has 0 spiro atoms. The predicted octanol–water partition coefficient (Wildman–Crippen LogP) is 0.0513. The van der Waals surface area contributed by atoms with Gasteiger partial charge in [-0.2, -0.15) is 0 Å². The largest absolute Gasteiger partial charge is 0.332 e.